The van der Waals surface area contributed by atoms with Gasteiger partial charge in [0, 0.05) is 19.2 Å². The highest BCUT2D eigenvalue weighted by Crippen LogP contribution is 2.26. The summed E-state index contributed by atoms with van der Waals surface area (Å²) in [5.41, 5.74) is 0.394. The Morgan fingerprint density at radius 2 is 2.09 bits per heavy atom. The topological polar surface area (TPSA) is 78.3 Å². The average Bonchev–Trinajstić information content (AvgIpc) is 2.89. The van der Waals surface area contributed by atoms with Gasteiger partial charge in [-0.25, -0.2) is 4.39 Å². The van der Waals surface area contributed by atoms with E-state index in [0.29, 0.717) is 35.1 Å². The third kappa shape index (κ3) is 3.63. The monoisotopic (exact) mass is 315 g/mol. The summed E-state index contributed by atoms with van der Waals surface area (Å²) in [7, 11) is 1.76. The van der Waals surface area contributed by atoms with E-state index in [0.717, 1.165) is 0 Å². The van der Waals surface area contributed by atoms with Crippen LogP contribution in [-0.4, -0.2) is 20.5 Å². The van der Waals surface area contributed by atoms with Crippen LogP contribution < -0.4 is 0 Å². The Morgan fingerprint density at radius 1 is 1.32 bits per heavy atom. The number of nitrogens with zero attached hydrogens (tertiary/aromatic N) is 5. The highest BCUT2D eigenvalue weighted by molar-refractivity contribution is 7.99. The minimum absolute atomic E-state index is 0.210. The fourth-order valence-corrected chi connectivity index (χ4v) is 2.89. The van der Waals surface area contributed by atoms with E-state index >= 15 is 0 Å². The lowest BCUT2D eigenvalue weighted by molar-refractivity contribution is 0.628. The zero-order chi connectivity index (χ0) is 15.9. The first-order valence-corrected chi connectivity index (χ1v) is 7.69. The van der Waals surface area contributed by atoms with Gasteiger partial charge in [0.15, 0.2) is 11.0 Å². The summed E-state index contributed by atoms with van der Waals surface area (Å²) in [6.07, 6.45) is 0.899. The predicted molar refractivity (Wildman–Crippen MR) is 81.1 cm³/mol. The van der Waals surface area contributed by atoms with E-state index in [1.54, 1.807) is 29.8 Å². The van der Waals surface area contributed by atoms with E-state index in [4.69, 9.17) is 10.5 Å². The highest BCUT2D eigenvalue weighted by atomic mass is 32.2. The first-order chi connectivity index (χ1) is 10.7. The highest BCUT2D eigenvalue weighted by Gasteiger charge is 2.16. The van der Waals surface area contributed by atoms with Crippen molar-refractivity contribution < 1.29 is 4.39 Å². The maximum Gasteiger partial charge on any atom is 0.191 e. The van der Waals surface area contributed by atoms with Crippen LogP contribution >= 0.6 is 11.8 Å². The van der Waals surface area contributed by atoms with E-state index in [2.05, 4.69) is 16.3 Å². The molecule has 1 atom stereocenters. The van der Waals surface area contributed by atoms with Gasteiger partial charge in [0.2, 0.25) is 0 Å². The van der Waals surface area contributed by atoms with Crippen molar-refractivity contribution in [3.8, 4) is 23.5 Å². The molecule has 0 fully saturated rings. The fourth-order valence-electron chi connectivity index (χ4n) is 1.92. The van der Waals surface area contributed by atoms with Crippen molar-refractivity contribution in [1.82, 2.24) is 14.8 Å². The molecular weight excluding hydrogens is 301 g/mol. The Balaban J connectivity index is 2.11. The summed E-state index contributed by atoms with van der Waals surface area (Å²) in [6, 6.07) is 10.6. The van der Waals surface area contributed by atoms with Crippen molar-refractivity contribution in [2.75, 3.05) is 5.75 Å². The molecule has 5 nitrogen and oxygen atoms in total. The van der Waals surface area contributed by atoms with Gasteiger partial charge in [-0.15, -0.1) is 10.2 Å². The second-order valence-corrected chi connectivity index (χ2v) is 5.67. The van der Waals surface area contributed by atoms with E-state index in [1.165, 1.54) is 17.8 Å². The van der Waals surface area contributed by atoms with Gasteiger partial charge < -0.3 is 4.57 Å². The number of hydrogen-bond acceptors (Lipinski definition) is 5. The number of rotatable bonds is 6. The Hall–Kier alpha value is -2.38. The van der Waals surface area contributed by atoms with Gasteiger partial charge in [-0.3, -0.25) is 0 Å². The maximum atomic E-state index is 13.8. The van der Waals surface area contributed by atoms with Crippen LogP contribution in [0.1, 0.15) is 12.8 Å². The van der Waals surface area contributed by atoms with Gasteiger partial charge in [0.1, 0.15) is 5.82 Å². The second kappa shape index (κ2) is 7.58. The summed E-state index contributed by atoms with van der Waals surface area (Å²) < 4.78 is 15.5. The first kappa shape index (κ1) is 16.0. The lowest BCUT2D eigenvalue weighted by Crippen LogP contribution is -2.02. The number of benzene rings is 1. The van der Waals surface area contributed by atoms with Gasteiger partial charge in [0.25, 0.3) is 0 Å². The minimum atomic E-state index is -0.349. The molecule has 112 valence electrons. The smallest absolute Gasteiger partial charge is 0.191 e. The summed E-state index contributed by atoms with van der Waals surface area (Å²) in [6.45, 7) is 0. The molecule has 1 heterocycles. The SMILES string of the molecule is Cn1c(SC[C@H](C#N)CCC#N)nnc1-c1ccccc1F. The van der Waals surface area contributed by atoms with Crippen molar-refractivity contribution >= 4 is 11.8 Å². The number of thioether (sulfide) groups is 1. The van der Waals surface area contributed by atoms with Crippen LogP contribution in [0, 0.1) is 34.4 Å². The number of nitriles is 2. The quantitative estimate of drug-likeness (QED) is 0.765. The van der Waals surface area contributed by atoms with Crippen LogP contribution in [0.4, 0.5) is 4.39 Å². The van der Waals surface area contributed by atoms with Crippen molar-refractivity contribution in [1.29, 1.82) is 10.5 Å². The molecule has 0 N–H and O–H groups in total. The number of halogens is 1. The maximum absolute atomic E-state index is 13.8. The molecule has 0 saturated heterocycles. The van der Waals surface area contributed by atoms with Crippen molar-refractivity contribution in [3.05, 3.63) is 30.1 Å². The van der Waals surface area contributed by atoms with Crippen molar-refractivity contribution in [2.45, 2.75) is 18.0 Å². The van der Waals surface area contributed by atoms with Crippen molar-refractivity contribution in [2.24, 2.45) is 13.0 Å². The van der Waals surface area contributed by atoms with E-state index < -0.39 is 0 Å². The molecule has 0 radical (unpaired) electrons. The van der Waals surface area contributed by atoms with E-state index in [1.807, 2.05) is 6.07 Å². The molecular formula is C15H14FN5S. The van der Waals surface area contributed by atoms with Crippen LogP contribution in [0.2, 0.25) is 0 Å². The minimum Gasteiger partial charge on any atom is -0.305 e. The summed E-state index contributed by atoms with van der Waals surface area (Å²) >= 11 is 1.39. The lowest BCUT2D eigenvalue weighted by atomic mass is 10.1. The summed E-state index contributed by atoms with van der Waals surface area (Å²) in [4.78, 5) is 0. The number of hydrogen-bond donors (Lipinski definition) is 0. The third-order valence-electron chi connectivity index (χ3n) is 3.15. The molecule has 0 aliphatic rings. The van der Waals surface area contributed by atoms with E-state index in [9.17, 15) is 4.39 Å². The van der Waals surface area contributed by atoms with Crippen LogP contribution in [0.5, 0.6) is 0 Å². The van der Waals surface area contributed by atoms with Crippen LogP contribution in [0.15, 0.2) is 29.4 Å². The lowest BCUT2D eigenvalue weighted by Gasteiger charge is -2.07. The third-order valence-corrected chi connectivity index (χ3v) is 4.33. The molecule has 0 saturated carbocycles. The average molecular weight is 315 g/mol. The molecule has 22 heavy (non-hydrogen) atoms. The zero-order valence-corrected chi connectivity index (χ0v) is 12.8. The number of aromatic nitrogens is 3. The van der Waals surface area contributed by atoms with Crippen LogP contribution in [0.3, 0.4) is 0 Å². The molecule has 2 rings (SSSR count). The summed E-state index contributed by atoms with van der Waals surface area (Å²) in [5, 5.41) is 26.3. The first-order valence-electron chi connectivity index (χ1n) is 6.71. The van der Waals surface area contributed by atoms with Gasteiger partial charge in [-0.05, 0) is 18.6 Å². The molecule has 2 aromatic rings. The Labute approximate surface area is 132 Å². The standard InChI is InChI=1S/C15H14FN5S/c1-21-14(12-6-2-3-7-13(12)16)19-20-15(21)22-10-11(9-18)5-4-8-17/h2-3,6-7,11H,4-5,10H2,1H3/t11-/m0/s1. The molecule has 0 bridgehead atoms. The largest absolute Gasteiger partial charge is 0.305 e. The van der Waals surface area contributed by atoms with Gasteiger partial charge in [-0.1, -0.05) is 23.9 Å². The Morgan fingerprint density at radius 3 is 2.77 bits per heavy atom. The molecule has 0 spiro atoms. The Bertz CT molecular complexity index is 728. The van der Waals surface area contributed by atoms with Crippen LogP contribution in [-0.2, 0) is 7.05 Å². The Kier molecular flexibility index (Phi) is 5.51. The summed E-state index contributed by atoms with van der Waals surface area (Å²) in [5.74, 6) is 0.421. The molecule has 0 amide bonds. The zero-order valence-electron chi connectivity index (χ0n) is 12.0. The van der Waals surface area contributed by atoms with Crippen LogP contribution in [0.25, 0.3) is 11.4 Å². The normalized spacial score (nSPS) is 11.6. The van der Waals surface area contributed by atoms with Crippen molar-refractivity contribution in [3.63, 3.8) is 0 Å². The molecule has 0 aliphatic heterocycles. The predicted octanol–water partition coefficient (Wildman–Crippen LogP) is 3.16. The molecule has 1 aromatic carbocycles. The van der Waals surface area contributed by atoms with Gasteiger partial charge >= 0.3 is 0 Å². The molecule has 7 heteroatoms. The molecule has 0 aliphatic carbocycles. The molecule has 0 unspecified atom stereocenters. The van der Waals surface area contributed by atoms with E-state index in [-0.39, 0.29) is 11.7 Å². The van der Waals surface area contributed by atoms with Gasteiger partial charge in [-0.2, -0.15) is 10.5 Å². The van der Waals surface area contributed by atoms with Gasteiger partial charge in [0.05, 0.1) is 23.6 Å². The molecule has 1 aromatic heterocycles. The second-order valence-electron chi connectivity index (χ2n) is 4.68. The fraction of sp³-hybridized carbons (Fsp3) is 0.333.